The number of hydrogen-bond donors (Lipinski definition) is 0. The molecule has 3 nitrogen and oxygen atoms in total. The van der Waals surface area contributed by atoms with E-state index in [-0.39, 0.29) is 11.9 Å². The quantitative estimate of drug-likeness (QED) is 0.824. The minimum atomic E-state index is -3.21. The lowest BCUT2D eigenvalue weighted by molar-refractivity contribution is 0.121. The van der Waals surface area contributed by atoms with E-state index in [0.717, 1.165) is 19.3 Å². The second-order valence-electron chi connectivity index (χ2n) is 4.94. The molecule has 1 saturated heterocycles. The van der Waals surface area contributed by atoms with E-state index >= 15 is 0 Å². The molecule has 2 atom stereocenters. The second kappa shape index (κ2) is 5.85. The van der Waals surface area contributed by atoms with Crippen LogP contribution in [0.2, 0.25) is 0 Å². The van der Waals surface area contributed by atoms with Crippen molar-refractivity contribution < 1.29 is 13.2 Å². The Balaban J connectivity index is 1.98. The molecular formula is C14H20O3S. The van der Waals surface area contributed by atoms with Crippen molar-refractivity contribution in [2.75, 3.05) is 12.4 Å². The van der Waals surface area contributed by atoms with Gasteiger partial charge in [-0.05, 0) is 30.9 Å². The van der Waals surface area contributed by atoms with Gasteiger partial charge in [-0.2, -0.15) is 0 Å². The van der Waals surface area contributed by atoms with Crippen LogP contribution in [0.25, 0.3) is 0 Å². The highest BCUT2D eigenvalue weighted by Crippen LogP contribution is 2.26. The van der Waals surface area contributed by atoms with Gasteiger partial charge in [0.2, 0.25) is 0 Å². The Morgan fingerprint density at radius 2 is 2.00 bits per heavy atom. The molecule has 0 N–H and O–H groups in total. The van der Waals surface area contributed by atoms with E-state index < -0.39 is 9.84 Å². The van der Waals surface area contributed by atoms with Gasteiger partial charge in [-0.3, -0.25) is 0 Å². The van der Waals surface area contributed by atoms with Gasteiger partial charge in [0.15, 0.2) is 9.84 Å². The standard InChI is InChI=1S/C14H20O3S/c1-2-6-12-9-13(17-10-12)11-18(15,16)14-7-4-3-5-8-14/h3-5,7-8,12-13H,2,6,9-11H2,1H3/t12-,13+/m1/s1. The number of rotatable bonds is 5. The van der Waals surface area contributed by atoms with Gasteiger partial charge < -0.3 is 4.74 Å². The first-order chi connectivity index (χ1) is 8.62. The van der Waals surface area contributed by atoms with Crippen molar-refractivity contribution in [3.05, 3.63) is 30.3 Å². The predicted molar refractivity (Wildman–Crippen MR) is 71.2 cm³/mol. The van der Waals surface area contributed by atoms with Gasteiger partial charge in [0.25, 0.3) is 0 Å². The summed E-state index contributed by atoms with van der Waals surface area (Å²) in [5.74, 6) is 0.642. The van der Waals surface area contributed by atoms with Crippen molar-refractivity contribution >= 4 is 9.84 Å². The molecule has 0 amide bonds. The van der Waals surface area contributed by atoms with Crippen molar-refractivity contribution in [1.29, 1.82) is 0 Å². The molecule has 1 aliphatic heterocycles. The van der Waals surface area contributed by atoms with Crippen LogP contribution in [0.5, 0.6) is 0 Å². The molecule has 18 heavy (non-hydrogen) atoms. The van der Waals surface area contributed by atoms with Gasteiger partial charge >= 0.3 is 0 Å². The van der Waals surface area contributed by atoms with Crippen LogP contribution in [-0.4, -0.2) is 26.9 Å². The van der Waals surface area contributed by atoms with Crippen molar-refractivity contribution in [1.82, 2.24) is 0 Å². The third-order valence-electron chi connectivity index (χ3n) is 3.37. The van der Waals surface area contributed by atoms with Gasteiger partial charge in [0, 0.05) is 6.61 Å². The minimum Gasteiger partial charge on any atom is -0.377 e. The van der Waals surface area contributed by atoms with Crippen LogP contribution >= 0.6 is 0 Å². The molecule has 0 unspecified atom stereocenters. The molecule has 4 heteroatoms. The highest BCUT2D eigenvalue weighted by atomic mass is 32.2. The molecule has 1 fully saturated rings. The first-order valence-corrected chi connectivity index (χ1v) is 8.16. The second-order valence-corrected chi connectivity index (χ2v) is 6.97. The highest BCUT2D eigenvalue weighted by Gasteiger charge is 2.29. The largest absolute Gasteiger partial charge is 0.377 e. The molecule has 0 aliphatic carbocycles. The lowest BCUT2D eigenvalue weighted by atomic mass is 10.0. The van der Waals surface area contributed by atoms with E-state index in [0.29, 0.717) is 17.4 Å². The van der Waals surface area contributed by atoms with Crippen LogP contribution < -0.4 is 0 Å². The average Bonchev–Trinajstić information content (AvgIpc) is 2.77. The molecule has 0 saturated carbocycles. The van der Waals surface area contributed by atoms with Gasteiger partial charge in [-0.15, -0.1) is 0 Å². The van der Waals surface area contributed by atoms with Crippen LogP contribution in [0.3, 0.4) is 0 Å². The molecule has 1 heterocycles. The molecule has 1 aliphatic rings. The Morgan fingerprint density at radius 3 is 2.67 bits per heavy atom. The maximum absolute atomic E-state index is 12.2. The molecule has 100 valence electrons. The lowest BCUT2D eigenvalue weighted by Crippen LogP contribution is -2.20. The monoisotopic (exact) mass is 268 g/mol. The van der Waals surface area contributed by atoms with Gasteiger partial charge in [0.1, 0.15) is 0 Å². The summed E-state index contributed by atoms with van der Waals surface area (Å²) in [5.41, 5.74) is 0. The Hall–Kier alpha value is -0.870. The molecule has 0 radical (unpaired) electrons. The van der Waals surface area contributed by atoms with E-state index in [1.165, 1.54) is 0 Å². The predicted octanol–water partition coefficient (Wildman–Crippen LogP) is 2.67. The Kier molecular flexibility index (Phi) is 4.40. The minimum absolute atomic E-state index is 0.108. The summed E-state index contributed by atoms with van der Waals surface area (Å²) in [5, 5.41) is 0. The molecule has 1 aromatic rings. The van der Waals surface area contributed by atoms with Crippen LogP contribution in [0, 0.1) is 5.92 Å². The lowest BCUT2D eigenvalue weighted by Gasteiger charge is -2.10. The highest BCUT2D eigenvalue weighted by molar-refractivity contribution is 7.91. The third-order valence-corrected chi connectivity index (χ3v) is 5.17. The Bertz CT molecular complexity index is 467. The van der Waals surface area contributed by atoms with E-state index in [4.69, 9.17) is 4.74 Å². The van der Waals surface area contributed by atoms with Gasteiger partial charge in [-0.25, -0.2) is 8.42 Å². The zero-order chi connectivity index (χ0) is 13.0. The first-order valence-electron chi connectivity index (χ1n) is 6.51. The first kappa shape index (κ1) is 13.6. The summed E-state index contributed by atoms with van der Waals surface area (Å²) in [6.45, 7) is 2.86. The summed E-state index contributed by atoms with van der Waals surface area (Å²) < 4.78 is 29.9. The zero-order valence-electron chi connectivity index (χ0n) is 10.7. The fourth-order valence-corrected chi connectivity index (χ4v) is 3.96. The number of ether oxygens (including phenoxy) is 1. The van der Waals surface area contributed by atoms with Crippen molar-refractivity contribution in [3.8, 4) is 0 Å². The SMILES string of the molecule is CCC[C@H]1CO[C@H](CS(=O)(=O)c2ccccc2)C1. The fourth-order valence-electron chi connectivity index (χ4n) is 2.47. The topological polar surface area (TPSA) is 43.4 Å². The van der Waals surface area contributed by atoms with E-state index in [1.807, 2.05) is 6.07 Å². The summed E-state index contributed by atoms with van der Waals surface area (Å²) in [4.78, 5) is 0.396. The van der Waals surface area contributed by atoms with Crippen LogP contribution in [0.1, 0.15) is 26.2 Å². The van der Waals surface area contributed by atoms with E-state index in [9.17, 15) is 8.42 Å². The normalized spacial score (nSPS) is 24.3. The molecule has 1 aromatic carbocycles. The fraction of sp³-hybridized carbons (Fsp3) is 0.571. The number of sulfone groups is 1. The van der Waals surface area contributed by atoms with E-state index in [2.05, 4.69) is 6.92 Å². The summed E-state index contributed by atoms with van der Waals surface area (Å²) in [7, 11) is -3.21. The molecule has 2 rings (SSSR count). The molecule has 0 aromatic heterocycles. The molecule has 0 bridgehead atoms. The number of hydrogen-bond acceptors (Lipinski definition) is 3. The summed E-state index contributed by atoms with van der Waals surface area (Å²) in [6, 6.07) is 8.62. The summed E-state index contributed by atoms with van der Waals surface area (Å²) in [6.07, 6.45) is 3.00. The Labute approximate surface area is 109 Å². The summed E-state index contributed by atoms with van der Waals surface area (Å²) >= 11 is 0. The smallest absolute Gasteiger partial charge is 0.180 e. The zero-order valence-corrected chi connectivity index (χ0v) is 11.5. The maximum atomic E-state index is 12.2. The van der Waals surface area contributed by atoms with Crippen LogP contribution in [0.15, 0.2) is 35.2 Å². The molecule has 0 spiro atoms. The maximum Gasteiger partial charge on any atom is 0.180 e. The Morgan fingerprint density at radius 1 is 1.28 bits per heavy atom. The van der Waals surface area contributed by atoms with Crippen LogP contribution in [-0.2, 0) is 14.6 Å². The van der Waals surface area contributed by atoms with E-state index in [1.54, 1.807) is 24.3 Å². The average molecular weight is 268 g/mol. The molecular weight excluding hydrogens is 248 g/mol. The van der Waals surface area contributed by atoms with Gasteiger partial charge in [0.05, 0.1) is 16.8 Å². The van der Waals surface area contributed by atoms with Crippen molar-refractivity contribution in [2.45, 2.75) is 37.2 Å². The van der Waals surface area contributed by atoms with Crippen LogP contribution in [0.4, 0.5) is 0 Å². The van der Waals surface area contributed by atoms with Gasteiger partial charge in [-0.1, -0.05) is 31.5 Å². The number of benzene rings is 1. The van der Waals surface area contributed by atoms with Crippen molar-refractivity contribution in [3.63, 3.8) is 0 Å². The third kappa shape index (κ3) is 3.33. The van der Waals surface area contributed by atoms with Crippen molar-refractivity contribution in [2.24, 2.45) is 5.92 Å².